The summed E-state index contributed by atoms with van der Waals surface area (Å²) in [5, 5.41) is 0. The molecule has 0 atom stereocenters. The Labute approximate surface area is 121 Å². The van der Waals surface area contributed by atoms with Gasteiger partial charge in [0, 0.05) is 0 Å². The molecule has 0 aliphatic carbocycles. The molecule has 0 aliphatic rings. The van der Waals surface area contributed by atoms with Crippen molar-refractivity contribution in [2.75, 3.05) is 0 Å². The van der Waals surface area contributed by atoms with Crippen molar-refractivity contribution in [3.8, 4) is 0 Å². The van der Waals surface area contributed by atoms with Gasteiger partial charge >= 0.3 is 21.4 Å². The van der Waals surface area contributed by atoms with Gasteiger partial charge in [0.25, 0.3) is 0 Å². The number of benzene rings is 1. The van der Waals surface area contributed by atoms with E-state index in [1.165, 1.54) is 29.8 Å². The number of thiazole rings is 1. The van der Waals surface area contributed by atoms with Gasteiger partial charge in [0.15, 0.2) is 5.65 Å². The van der Waals surface area contributed by atoms with Crippen molar-refractivity contribution in [3.05, 3.63) is 56.7 Å². The molecule has 0 bridgehead atoms. The van der Waals surface area contributed by atoms with Crippen LogP contribution < -0.4 is 15.5 Å². The second-order valence-electron chi connectivity index (χ2n) is 3.90. The lowest BCUT2D eigenvalue weighted by atomic mass is 10.4. The Morgan fingerprint density at radius 1 is 1.19 bits per heavy atom. The first-order chi connectivity index (χ1) is 9.99. The SMILES string of the molecule is O=c1[nH]c2ncsc2c(=O)n1OS(=O)(=O)c1ccccc1. The molecule has 21 heavy (non-hydrogen) atoms. The van der Waals surface area contributed by atoms with Gasteiger partial charge in [-0.25, -0.2) is 9.78 Å². The maximum Gasteiger partial charge on any atom is 0.365 e. The van der Waals surface area contributed by atoms with Crippen LogP contribution in [0.2, 0.25) is 0 Å². The molecule has 0 spiro atoms. The maximum absolute atomic E-state index is 12.0. The molecule has 0 unspecified atom stereocenters. The Hall–Kier alpha value is -2.46. The number of hydrogen-bond donors (Lipinski definition) is 1. The molecule has 0 saturated heterocycles. The van der Waals surface area contributed by atoms with Gasteiger partial charge in [0.1, 0.15) is 9.60 Å². The highest BCUT2D eigenvalue weighted by Crippen LogP contribution is 2.10. The van der Waals surface area contributed by atoms with Crippen molar-refractivity contribution in [1.82, 2.24) is 14.7 Å². The first-order valence-corrected chi connectivity index (χ1v) is 7.86. The largest absolute Gasteiger partial charge is 0.365 e. The van der Waals surface area contributed by atoms with Gasteiger partial charge in [-0.05, 0) is 12.1 Å². The lowest BCUT2D eigenvalue weighted by Crippen LogP contribution is -2.41. The Morgan fingerprint density at radius 3 is 2.62 bits per heavy atom. The fourth-order valence-electron chi connectivity index (χ4n) is 1.62. The molecule has 8 nitrogen and oxygen atoms in total. The van der Waals surface area contributed by atoms with Crippen molar-refractivity contribution < 1.29 is 12.7 Å². The first kappa shape index (κ1) is 13.5. The molecule has 1 aromatic carbocycles. The Morgan fingerprint density at radius 2 is 1.90 bits per heavy atom. The van der Waals surface area contributed by atoms with Crippen LogP contribution in [0.25, 0.3) is 10.3 Å². The molecular weight excluding hydrogens is 318 g/mol. The van der Waals surface area contributed by atoms with Crippen LogP contribution in [-0.2, 0) is 10.1 Å². The molecular formula is C11H7N3O5S2. The molecule has 0 aliphatic heterocycles. The van der Waals surface area contributed by atoms with Gasteiger partial charge < -0.3 is 0 Å². The predicted octanol–water partition coefficient (Wildman–Crippen LogP) is -0.0362. The lowest BCUT2D eigenvalue weighted by Gasteiger charge is -2.06. The summed E-state index contributed by atoms with van der Waals surface area (Å²) < 4.78 is 29.0. The minimum absolute atomic E-state index is 0.0898. The number of aromatic amines is 1. The zero-order chi connectivity index (χ0) is 15.0. The van der Waals surface area contributed by atoms with Crippen LogP contribution in [-0.4, -0.2) is 23.1 Å². The monoisotopic (exact) mass is 325 g/mol. The van der Waals surface area contributed by atoms with Crippen LogP contribution in [0.5, 0.6) is 0 Å². The van der Waals surface area contributed by atoms with Gasteiger partial charge in [0.05, 0.1) is 5.51 Å². The Kier molecular flexibility index (Phi) is 3.11. The number of hydrogen-bond acceptors (Lipinski definition) is 7. The normalized spacial score (nSPS) is 11.6. The van der Waals surface area contributed by atoms with E-state index in [9.17, 15) is 18.0 Å². The molecule has 0 radical (unpaired) electrons. The fraction of sp³-hybridized carbons (Fsp3) is 0. The average Bonchev–Trinajstić information content (AvgIpc) is 2.93. The third-order valence-corrected chi connectivity index (χ3v) is 4.57. The number of nitrogens with one attached hydrogen (secondary N) is 1. The summed E-state index contributed by atoms with van der Waals surface area (Å²) in [4.78, 5) is 29.7. The lowest BCUT2D eigenvalue weighted by molar-refractivity contribution is 0.254. The van der Waals surface area contributed by atoms with E-state index in [1.807, 2.05) is 0 Å². The summed E-state index contributed by atoms with van der Waals surface area (Å²) in [6.45, 7) is 0. The fourth-order valence-corrected chi connectivity index (χ4v) is 3.19. The van der Waals surface area contributed by atoms with Gasteiger partial charge in [-0.1, -0.05) is 22.9 Å². The molecule has 0 amide bonds. The Bertz CT molecular complexity index is 1020. The van der Waals surface area contributed by atoms with E-state index < -0.39 is 21.4 Å². The molecule has 0 fully saturated rings. The van der Waals surface area contributed by atoms with Crippen LogP contribution in [0.3, 0.4) is 0 Å². The molecule has 2 aromatic heterocycles. The third-order valence-electron chi connectivity index (χ3n) is 2.56. The van der Waals surface area contributed by atoms with E-state index in [0.717, 1.165) is 11.3 Å². The van der Waals surface area contributed by atoms with Gasteiger partial charge in [-0.2, -0.15) is 8.42 Å². The molecule has 0 saturated carbocycles. The molecule has 3 aromatic rings. The van der Waals surface area contributed by atoms with Gasteiger partial charge in [0.2, 0.25) is 0 Å². The highest BCUT2D eigenvalue weighted by atomic mass is 32.2. The van der Waals surface area contributed by atoms with E-state index in [2.05, 4.69) is 14.3 Å². The number of H-pyrrole nitrogens is 1. The molecule has 108 valence electrons. The third kappa shape index (κ3) is 2.34. The number of nitrogens with zero attached hydrogens (tertiary/aromatic N) is 2. The topological polar surface area (TPSA) is 111 Å². The molecule has 3 rings (SSSR count). The molecule has 2 heterocycles. The summed E-state index contributed by atoms with van der Waals surface area (Å²) in [5.41, 5.74) is -0.446. The zero-order valence-electron chi connectivity index (χ0n) is 10.2. The minimum Gasteiger partial charge on any atom is -0.288 e. The number of rotatable bonds is 3. The quantitative estimate of drug-likeness (QED) is 0.723. The minimum atomic E-state index is -4.28. The van der Waals surface area contributed by atoms with Crippen molar-refractivity contribution in [2.24, 2.45) is 0 Å². The molecule has 10 heteroatoms. The van der Waals surface area contributed by atoms with E-state index in [-0.39, 0.29) is 20.0 Å². The van der Waals surface area contributed by atoms with Crippen LogP contribution in [0.4, 0.5) is 0 Å². The summed E-state index contributed by atoms with van der Waals surface area (Å²) in [5.74, 6) is 0. The first-order valence-electron chi connectivity index (χ1n) is 5.57. The molecule has 1 N–H and O–H groups in total. The second kappa shape index (κ2) is 4.82. The summed E-state index contributed by atoms with van der Waals surface area (Å²) >= 11 is 0.969. The summed E-state index contributed by atoms with van der Waals surface area (Å²) in [7, 11) is -4.28. The highest BCUT2D eigenvalue weighted by Gasteiger charge is 2.20. The van der Waals surface area contributed by atoms with E-state index >= 15 is 0 Å². The van der Waals surface area contributed by atoms with E-state index in [1.54, 1.807) is 6.07 Å². The van der Waals surface area contributed by atoms with Crippen molar-refractivity contribution >= 4 is 31.8 Å². The Balaban J connectivity index is 2.15. The summed E-state index contributed by atoms with van der Waals surface area (Å²) in [6, 6.07) is 7.20. The summed E-state index contributed by atoms with van der Waals surface area (Å²) in [6.07, 6.45) is 0. The van der Waals surface area contributed by atoms with Crippen molar-refractivity contribution in [3.63, 3.8) is 0 Å². The van der Waals surface area contributed by atoms with E-state index in [0.29, 0.717) is 0 Å². The maximum atomic E-state index is 12.0. The standard InChI is InChI=1S/C11H7N3O5S2/c15-10-8-9(12-6-20-8)13-11(16)14(10)19-21(17,18)7-4-2-1-3-5-7/h1-6H,(H,13,16). The van der Waals surface area contributed by atoms with Crippen LogP contribution in [0.15, 0.2) is 50.3 Å². The highest BCUT2D eigenvalue weighted by molar-refractivity contribution is 7.87. The van der Waals surface area contributed by atoms with Crippen LogP contribution >= 0.6 is 11.3 Å². The van der Waals surface area contributed by atoms with Gasteiger partial charge in [-0.3, -0.25) is 14.1 Å². The predicted molar refractivity (Wildman–Crippen MR) is 74.7 cm³/mol. The number of aromatic nitrogens is 3. The zero-order valence-corrected chi connectivity index (χ0v) is 11.8. The van der Waals surface area contributed by atoms with Crippen molar-refractivity contribution in [1.29, 1.82) is 0 Å². The smallest absolute Gasteiger partial charge is 0.288 e. The van der Waals surface area contributed by atoms with Crippen LogP contribution in [0.1, 0.15) is 0 Å². The van der Waals surface area contributed by atoms with Crippen LogP contribution in [0, 0.1) is 0 Å². The second-order valence-corrected chi connectivity index (χ2v) is 6.28. The average molecular weight is 325 g/mol. The number of fused-ring (bicyclic) bond motifs is 1. The van der Waals surface area contributed by atoms with Gasteiger partial charge in [-0.15, -0.1) is 11.3 Å². The van der Waals surface area contributed by atoms with E-state index in [4.69, 9.17) is 0 Å². The van der Waals surface area contributed by atoms with Crippen molar-refractivity contribution in [2.45, 2.75) is 4.90 Å².